The molecule has 0 amide bonds. The number of aliphatic hydroxyl groups excluding tert-OH is 1. The van der Waals surface area contributed by atoms with Crippen LogP contribution in [0.2, 0.25) is 0 Å². The molecule has 0 bridgehead atoms. The van der Waals surface area contributed by atoms with Gasteiger partial charge in [-0.05, 0) is 24.1 Å². The van der Waals surface area contributed by atoms with Gasteiger partial charge in [0.1, 0.15) is 5.75 Å². The molecule has 0 saturated carbocycles. The van der Waals surface area contributed by atoms with Crippen LogP contribution in [-0.2, 0) is 6.54 Å². The summed E-state index contributed by atoms with van der Waals surface area (Å²) in [5, 5.41) is 9.45. The molecule has 92 valence electrons. The van der Waals surface area contributed by atoms with Gasteiger partial charge in [-0.15, -0.1) is 0 Å². The molecule has 4 heteroatoms. The van der Waals surface area contributed by atoms with E-state index < -0.39 is 0 Å². The van der Waals surface area contributed by atoms with E-state index >= 15 is 0 Å². The van der Waals surface area contributed by atoms with E-state index in [9.17, 15) is 9.90 Å². The fraction of sp³-hybridized carbons (Fsp3) is 0.462. The van der Waals surface area contributed by atoms with Gasteiger partial charge in [0.2, 0.25) is 0 Å². The third-order valence-corrected chi connectivity index (χ3v) is 3.08. The highest BCUT2D eigenvalue weighted by Gasteiger charge is 2.20. The van der Waals surface area contributed by atoms with Crippen LogP contribution in [0.5, 0.6) is 5.75 Å². The molecule has 0 aliphatic carbocycles. The summed E-state index contributed by atoms with van der Waals surface area (Å²) in [5.74, 6) is 0.609. The van der Waals surface area contributed by atoms with Gasteiger partial charge < -0.3 is 9.84 Å². The van der Waals surface area contributed by atoms with E-state index in [1.807, 2.05) is 12.1 Å². The van der Waals surface area contributed by atoms with Crippen molar-refractivity contribution >= 4 is 6.29 Å². The molecule has 1 fully saturated rings. The minimum atomic E-state index is -0.203. The van der Waals surface area contributed by atoms with Gasteiger partial charge in [0, 0.05) is 19.6 Å². The van der Waals surface area contributed by atoms with Crippen molar-refractivity contribution in [3.63, 3.8) is 0 Å². The number of carbonyl (C=O) groups excluding carboxylic acids is 1. The topological polar surface area (TPSA) is 49.8 Å². The van der Waals surface area contributed by atoms with Crippen LogP contribution < -0.4 is 4.74 Å². The smallest absolute Gasteiger partial charge is 0.153 e. The molecule has 0 radical (unpaired) electrons. The monoisotopic (exact) mass is 235 g/mol. The predicted octanol–water partition coefficient (Wildman–Crippen LogP) is 1.07. The largest absolute Gasteiger partial charge is 0.496 e. The molecule has 1 unspecified atom stereocenters. The fourth-order valence-electron chi connectivity index (χ4n) is 2.17. The molecule has 1 saturated heterocycles. The minimum Gasteiger partial charge on any atom is -0.496 e. The fourth-order valence-corrected chi connectivity index (χ4v) is 2.17. The maximum absolute atomic E-state index is 10.8. The van der Waals surface area contributed by atoms with Crippen molar-refractivity contribution in [2.75, 3.05) is 20.2 Å². The third-order valence-electron chi connectivity index (χ3n) is 3.08. The van der Waals surface area contributed by atoms with Gasteiger partial charge in [-0.25, -0.2) is 0 Å². The molecule has 4 nitrogen and oxygen atoms in total. The molecule has 17 heavy (non-hydrogen) atoms. The molecule has 1 aromatic rings. The summed E-state index contributed by atoms with van der Waals surface area (Å²) < 4.78 is 5.16. The van der Waals surface area contributed by atoms with Gasteiger partial charge in [0.25, 0.3) is 0 Å². The third kappa shape index (κ3) is 2.84. The lowest BCUT2D eigenvalue weighted by atomic mass is 10.1. The first-order chi connectivity index (χ1) is 8.22. The Labute approximate surface area is 101 Å². The van der Waals surface area contributed by atoms with Crippen molar-refractivity contribution in [1.82, 2.24) is 4.90 Å². The maximum Gasteiger partial charge on any atom is 0.153 e. The number of aliphatic hydroxyl groups is 1. The highest BCUT2D eigenvalue weighted by atomic mass is 16.5. The summed E-state index contributed by atoms with van der Waals surface area (Å²) in [4.78, 5) is 13.0. The number of β-amino-alcohol motifs (C(OH)–C–C–N with tert-alkyl or cyclic N) is 1. The summed E-state index contributed by atoms with van der Waals surface area (Å²) in [6.07, 6.45) is 1.43. The second-order valence-corrected chi connectivity index (χ2v) is 4.37. The van der Waals surface area contributed by atoms with Crippen LogP contribution in [0.3, 0.4) is 0 Å². The SMILES string of the molecule is COc1cc(CN2CCC(O)C2)ccc1C=O. The Morgan fingerprint density at radius 1 is 1.59 bits per heavy atom. The van der Waals surface area contributed by atoms with Gasteiger partial charge in [-0.2, -0.15) is 0 Å². The van der Waals surface area contributed by atoms with Crippen molar-refractivity contribution in [3.8, 4) is 5.75 Å². The number of aldehydes is 1. The molecule has 0 spiro atoms. The molecule has 1 N–H and O–H groups in total. The number of hydrogen-bond donors (Lipinski definition) is 1. The highest BCUT2D eigenvalue weighted by Crippen LogP contribution is 2.21. The van der Waals surface area contributed by atoms with Gasteiger partial charge in [0.15, 0.2) is 6.29 Å². The van der Waals surface area contributed by atoms with Crippen LogP contribution in [0, 0.1) is 0 Å². The molecule has 0 aromatic heterocycles. The molecule has 1 atom stereocenters. The molecular formula is C13H17NO3. The Kier molecular flexibility index (Phi) is 3.76. The molecule has 1 aromatic carbocycles. The van der Waals surface area contributed by atoms with Crippen molar-refractivity contribution in [1.29, 1.82) is 0 Å². The van der Waals surface area contributed by atoms with E-state index in [2.05, 4.69) is 4.90 Å². The number of ether oxygens (including phenoxy) is 1. The normalized spacial score (nSPS) is 20.5. The number of hydrogen-bond acceptors (Lipinski definition) is 4. The van der Waals surface area contributed by atoms with E-state index in [4.69, 9.17) is 4.74 Å². The zero-order valence-corrected chi connectivity index (χ0v) is 9.93. The Balaban J connectivity index is 2.08. The molecule has 1 heterocycles. The molecule has 2 rings (SSSR count). The van der Waals surface area contributed by atoms with Crippen molar-refractivity contribution in [2.24, 2.45) is 0 Å². The Morgan fingerprint density at radius 2 is 2.41 bits per heavy atom. The second-order valence-electron chi connectivity index (χ2n) is 4.37. The Bertz CT molecular complexity index is 406. The zero-order valence-electron chi connectivity index (χ0n) is 9.93. The lowest BCUT2D eigenvalue weighted by Gasteiger charge is -2.15. The lowest BCUT2D eigenvalue weighted by molar-refractivity contribution is 0.112. The van der Waals surface area contributed by atoms with E-state index in [1.54, 1.807) is 13.2 Å². The first-order valence-corrected chi connectivity index (χ1v) is 5.75. The average Bonchev–Trinajstić information content (AvgIpc) is 2.74. The van der Waals surface area contributed by atoms with E-state index in [0.717, 1.165) is 37.9 Å². The predicted molar refractivity (Wildman–Crippen MR) is 64.3 cm³/mol. The zero-order chi connectivity index (χ0) is 12.3. The molecule has 1 aliphatic rings. The summed E-state index contributed by atoms with van der Waals surface area (Å²) in [7, 11) is 1.56. The average molecular weight is 235 g/mol. The minimum absolute atomic E-state index is 0.203. The van der Waals surface area contributed by atoms with Crippen LogP contribution in [0.1, 0.15) is 22.3 Å². The summed E-state index contributed by atoms with van der Waals surface area (Å²) in [5.41, 5.74) is 1.67. The Hall–Kier alpha value is -1.39. The number of benzene rings is 1. The number of rotatable bonds is 4. The second kappa shape index (κ2) is 5.29. The summed E-state index contributed by atoms with van der Waals surface area (Å²) in [6.45, 7) is 2.42. The molecular weight excluding hydrogens is 218 g/mol. The van der Waals surface area contributed by atoms with Gasteiger partial charge >= 0.3 is 0 Å². The van der Waals surface area contributed by atoms with Gasteiger partial charge in [0.05, 0.1) is 18.8 Å². The standard InChI is InChI=1S/C13H17NO3/c1-17-13-6-10(2-3-11(13)9-15)7-14-5-4-12(16)8-14/h2-3,6,9,12,16H,4-5,7-8H2,1H3. The van der Waals surface area contributed by atoms with E-state index in [-0.39, 0.29) is 6.10 Å². The van der Waals surface area contributed by atoms with Gasteiger partial charge in [-0.1, -0.05) is 6.07 Å². The van der Waals surface area contributed by atoms with Gasteiger partial charge in [-0.3, -0.25) is 9.69 Å². The first kappa shape index (κ1) is 12.1. The van der Waals surface area contributed by atoms with Crippen LogP contribution in [0.25, 0.3) is 0 Å². The van der Waals surface area contributed by atoms with Crippen molar-refractivity contribution in [3.05, 3.63) is 29.3 Å². The number of methoxy groups -OCH3 is 1. The van der Waals surface area contributed by atoms with Crippen LogP contribution in [0.15, 0.2) is 18.2 Å². The van der Waals surface area contributed by atoms with E-state index in [1.165, 1.54) is 0 Å². The number of carbonyl (C=O) groups is 1. The number of nitrogens with zero attached hydrogens (tertiary/aromatic N) is 1. The van der Waals surface area contributed by atoms with Crippen molar-refractivity contribution in [2.45, 2.75) is 19.1 Å². The number of likely N-dealkylation sites (tertiary alicyclic amines) is 1. The van der Waals surface area contributed by atoms with Crippen LogP contribution in [0.4, 0.5) is 0 Å². The maximum atomic E-state index is 10.8. The molecule has 1 aliphatic heterocycles. The Morgan fingerprint density at radius 3 is 3.00 bits per heavy atom. The van der Waals surface area contributed by atoms with E-state index in [0.29, 0.717) is 11.3 Å². The first-order valence-electron chi connectivity index (χ1n) is 5.75. The van der Waals surface area contributed by atoms with Crippen molar-refractivity contribution < 1.29 is 14.6 Å². The quantitative estimate of drug-likeness (QED) is 0.793. The summed E-state index contributed by atoms with van der Waals surface area (Å²) in [6, 6.07) is 5.58. The summed E-state index contributed by atoms with van der Waals surface area (Å²) >= 11 is 0. The van der Waals surface area contributed by atoms with Crippen LogP contribution >= 0.6 is 0 Å². The van der Waals surface area contributed by atoms with Crippen LogP contribution in [-0.4, -0.2) is 42.6 Å². The highest BCUT2D eigenvalue weighted by molar-refractivity contribution is 5.79. The lowest BCUT2D eigenvalue weighted by Crippen LogP contribution is -2.21.